The molecule has 1 aliphatic heterocycles. The second kappa shape index (κ2) is 4.59. The highest BCUT2D eigenvalue weighted by Gasteiger charge is 2.21. The predicted octanol–water partition coefficient (Wildman–Crippen LogP) is 0.765. The Balaban J connectivity index is 2.26. The molecule has 1 saturated heterocycles. The molecule has 0 bridgehead atoms. The van der Waals surface area contributed by atoms with Crippen LogP contribution in [0, 0.1) is 0 Å². The molecule has 2 N–H and O–H groups in total. The van der Waals surface area contributed by atoms with Gasteiger partial charge in [0.1, 0.15) is 5.82 Å². The Bertz CT molecular complexity index is 329. The van der Waals surface area contributed by atoms with Gasteiger partial charge in [-0.15, -0.1) is 0 Å². The molecule has 4 nitrogen and oxygen atoms in total. The lowest BCUT2D eigenvalue weighted by molar-refractivity contribution is 0.0984. The monoisotopic (exact) mass is 207 g/mol. The third-order valence-corrected chi connectivity index (χ3v) is 2.73. The number of aromatic nitrogens is 1. The van der Waals surface area contributed by atoms with Gasteiger partial charge in [-0.3, -0.25) is 0 Å². The highest BCUT2D eigenvalue weighted by molar-refractivity contribution is 5.47. The normalized spacial score (nSPS) is 21.7. The van der Waals surface area contributed by atoms with Gasteiger partial charge in [0.15, 0.2) is 0 Å². The molecule has 1 aromatic rings. The zero-order valence-corrected chi connectivity index (χ0v) is 9.02. The Labute approximate surface area is 90.0 Å². The lowest BCUT2D eigenvalue weighted by Crippen LogP contribution is -2.44. The molecule has 0 amide bonds. The van der Waals surface area contributed by atoms with Crippen LogP contribution in [0.3, 0.4) is 0 Å². The third-order valence-electron chi connectivity index (χ3n) is 2.73. The second-order valence-electron chi connectivity index (χ2n) is 3.81. The molecule has 0 saturated carbocycles. The molecule has 2 heterocycles. The Hall–Kier alpha value is -1.13. The molecular formula is C11H17N3O. The van der Waals surface area contributed by atoms with Gasteiger partial charge in [0.05, 0.1) is 19.3 Å². The molecule has 0 aromatic carbocycles. The van der Waals surface area contributed by atoms with Gasteiger partial charge in [0.25, 0.3) is 0 Å². The zero-order chi connectivity index (χ0) is 10.7. The zero-order valence-electron chi connectivity index (χ0n) is 9.02. The van der Waals surface area contributed by atoms with Gasteiger partial charge in [-0.05, 0) is 13.0 Å². The summed E-state index contributed by atoms with van der Waals surface area (Å²) in [5.74, 6) is 1.01. The molecule has 1 aromatic heterocycles. The van der Waals surface area contributed by atoms with Crippen molar-refractivity contribution in [2.75, 3.05) is 24.7 Å². The summed E-state index contributed by atoms with van der Waals surface area (Å²) >= 11 is 0. The molecule has 2 rings (SSSR count). The van der Waals surface area contributed by atoms with Crippen LogP contribution in [0.2, 0.25) is 0 Å². The minimum Gasteiger partial charge on any atom is -0.377 e. The molecule has 1 unspecified atom stereocenters. The standard InChI is InChI=1S/C11H17N3O/c1-9-8-15-6-5-14(9)11-10(7-12)3-2-4-13-11/h2-4,9H,5-8,12H2,1H3. The first-order chi connectivity index (χ1) is 7.33. The molecule has 0 radical (unpaired) electrons. The first-order valence-electron chi connectivity index (χ1n) is 5.31. The largest absolute Gasteiger partial charge is 0.377 e. The average molecular weight is 207 g/mol. The van der Waals surface area contributed by atoms with Crippen LogP contribution in [0.1, 0.15) is 12.5 Å². The SMILES string of the molecule is CC1COCCN1c1ncccc1CN. The Morgan fingerprint density at radius 1 is 1.67 bits per heavy atom. The van der Waals surface area contributed by atoms with Crippen LogP contribution < -0.4 is 10.6 Å². The number of pyridine rings is 1. The Kier molecular flexibility index (Phi) is 3.18. The fourth-order valence-corrected chi connectivity index (χ4v) is 1.89. The van der Waals surface area contributed by atoms with Crippen molar-refractivity contribution in [1.29, 1.82) is 0 Å². The van der Waals surface area contributed by atoms with Gasteiger partial charge in [0, 0.05) is 24.8 Å². The van der Waals surface area contributed by atoms with E-state index in [1.54, 1.807) is 0 Å². The van der Waals surface area contributed by atoms with Crippen LogP contribution in [0.15, 0.2) is 18.3 Å². The van der Waals surface area contributed by atoms with E-state index < -0.39 is 0 Å². The van der Waals surface area contributed by atoms with Crippen LogP contribution in [0.5, 0.6) is 0 Å². The van der Waals surface area contributed by atoms with Crippen molar-refractivity contribution in [3.63, 3.8) is 0 Å². The van der Waals surface area contributed by atoms with Crippen LogP contribution in [0.4, 0.5) is 5.82 Å². The maximum Gasteiger partial charge on any atom is 0.133 e. The number of nitrogens with two attached hydrogens (primary N) is 1. The predicted molar refractivity (Wildman–Crippen MR) is 59.8 cm³/mol. The summed E-state index contributed by atoms with van der Waals surface area (Å²) in [7, 11) is 0. The summed E-state index contributed by atoms with van der Waals surface area (Å²) in [6, 6.07) is 4.33. The van der Waals surface area contributed by atoms with Crippen LogP contribution in [-0.4, -0.2) is 30.8 Å². The maximum atomic E-state index is 5.70. The highest BCUT2D eigenvalue weighted by Crippen LogP contribution is 2.20. The Morgan fingerprint density at radius 2 is 2.53 bits per heavy atom. The van der Waals surface area contributed by atoms with Gasteiger partial charge in [0.2, 0.25) is 0 Å². The van der Waals surface area contributed by atoms with Gasteiger partial charge >= 0.3 is 0 Å². The van der Waals surface area contributed by atoms with E-state index in [0.717, 1.165) is 31.1 Å². The first-order valence-corrected chi connectivity index (χ1v) is 5.31. The Morgan fingerprint density at radius 3 is 3.27 bits per heavy atom. The van der Waals surface area contributed by atoms with Crippen LogP contribution >= 0.6 is 0 Å². The van der Waals surface area contributed by atoms with Crippen molar-refractivity contribution in [2.24, 2.45) is 5.73 Å². The van der Waals surface area contributed by atoms with E-state index in [1.807, 2.05) is 18.3 Å². The van der Waals surface area contributed by atoms with E-state index in [-0.39, 0.29) is 0 Å². The molecule has 1 aliphatic rings. The van der Waals surface area contributed by atoms with E-state index >= 15 is 0 Å². The lowest BCUT2D eigenvalue weighted by atomic mass is 10.2. The van der Waals surface area contributed by atoms with Crippen molar-refractivity contribution < 1.29 is 4.74 Å². The molecule has 4 heteroatoms. The molecule has 1 fully saturated rings. The average Bonchev–Trinajstić information content (AvgIpc) is 2.30. The quantitative estimate of drug-likeness (QED) is 0.778. The molecule has 0 spiro atoms. The molecular weight excluding hydrogens is 190 g/mol. The summed E-state index contributed by atoms with van der Waals surface area (Å²) in [6.45, 7) is 5.11. The summed E-state index contributed by atoms with van der Waals surface area (Å²) < 4.78 is 5.41. The highest BCUT2D eigenvalue weighted by atomic mass is 16.5. The number of nitrogens with zero attached hydrogens (tertiary/aromatic N) is 2. The summed E-state index contributed by atoms with van der Waals surface area (Å²) in [4.78, 5) is 6.68. The minimum atomic E-state index is 0.374. The fraction of sp³-hybridized carbons (Fsp3) is 0.545. The number of anilines is 1. The van der Waals surface area contributed by atoms with E-state index in [9.17, 15) is 0 Å². The van der Waals surface area contributed by atoms with Crippen molar-refractivity contribution in [3.05, 3.63) is 23.9 Å². The van der Waals surface area contributed by atoms with Crippen molar-refractivity contribution >= 4 is 5.82 Å². The first kappa shape index (κ1) is 10.4. The smallest absolute Gasteiger partial charge is 0.133 e. The van der Waals surface area contributed by atoms with Crippen molar-refractivity contribution in [1.82, 2.24) is 4.98 Å². The van der Waals surface area contributed by atoms with Crippen molar-refractivity contribution in [2.45, 2.75) is 19.5 Å². The van der Waals surface area contributed by atoms with Crippen molar-refractivity contribution in [3.8, 4) is 0 Å². The lowest BCUT2D eigenvalue weighted by Gasteiger charge is -2.35. The molecule has 82 valence electrons. The fourth-order valence-electron chi connectivity index (χ4n) is 1.89. The molecule has 15 heavy (non-hydrogen) atoms. The summed E-state index contributed by atoms with van der Waals surface area (Å²) in [5.41, 5.74) is 6.81. The molecule has 1 atom stereocenters. The van der Waals surface area contributed by atoms with Crippen LogP contribution in [-0.2, 0) is 11.3 Å². The second-order valence-corrected chi connectivity index (χ2v) is 3.81. The van der Waals surface area contributed by atoms with Crippen LogP contribution in [0.25, 0.3) is 0 Å². The maximum absolute atomic E-state index is 5.70. The van der Waals surface area contributed by atoms with E-state index in [4.69, 9.17) is 10.5 Å². The van der Waals surface area contributed by atoms with Gasteiger partial charge in [-0.2, -0.15) is 0 Å². The van der Waals surface area contributed by atoms with E-state index in [1.165, 1.54) is 0 Å². The topological polar surface area (TPSA) is 51.4 Å². The third kappa shape index (κ3) is 2.11. The van der Waals surface area contributed by atoms with Gasteiger partial charge in [-0.1, -0.05) is 6.07 Å². The van der Waals surface area contributed by atoms with Gasteiger partial charge in [-0.25, -0.2) is 4.98 Å². The number of ether oxygens (including phenoxy) is 1. The number of morpholine rings is 1. The molecule has 0 aliphatic carbocycles. The van der Waals surface area contributed by atoms with E-state index in [0.29, 0.717) is 12.6 Å². The van der Waals surface area contributed by atoms with Gasteiger partial charge < -0.3 is 15.4 Å². The summed E-state index contributed by atoms with van der Waals surface area (Å²) in [5, 5.41) is 0. The summed E-state index contributed by atoms with van der Waals surface area (Å²) in [6.07, 6.45) is 1.82. The van der Waals surface area contributed by atoms with E-state index in [2.05, 4.69) is 16.8 Å². The number of hydrogen-bond donors (Lipinski definition) is 1. The minimum absolute atomic E-state index is 0.374. The number of rotatable bonds is 2. The number of hydrogen-bond acceptors (Lipinski definition) is 4.